The lowest BCUT2D eigenvalue weighted by atomic mass is 10.1. The maximum Gasteiger partial charge on any atom is 0.168 e. The van der Waals surface area contributed by atoms with Gasteiger partial charge in [-0.15, -0.1) is 11.8 Å². The molecule has 0 spiro atoms. The molecular weight excluding hydrogens is 288 g/mol. The lowest BCUT2D eigenvalue weighted by Gasteiger charge is -2.18. The van der Waals surface area contributed by atoms with E-state index in [9.17, 15) is 0 Å². The van der Waals surface area contributed by atoms with E-state index >= 15 is 0 Å². The number of furan rings is 1. The summed E-state index contributed by atoms with van der Waals surface area (Å²) in [5.41, 5.74) is 3.43. The van der Waals surface area contributed by atoms with Crippen LogP contribution in [0.4, 0.5) is 0 Å². The Labute approximate surface area is 126 Å². The number of hydrogen-bond acceptors (Lipinski definition) is 5. The molecule has 2 aliphatic heterocycles. The standard InChI is InChI=1S/C15H14N2OS2/c1-9-13(17-5-4-16-15(17)20-9)12-8-11(19-2)7-10-3-6-18-14(10)12/h3,6-8H,4-5H2,1-2H3. The van der Waals surface area contributed by atoms with Gasteiger partial charge < -0.3 is 9.32 Å². The number of thioether (sulfide) groups is 2. The molecule has 20 heavy (non-hydrogen) atoms. The van der Waals surface area contributed by atoms with Gasteiger partial charge in [0.05, 0.1) is 18.5 Å². The lowest BCUT2D eigenvalue weighted by Crippen LogP contribution is -2.20. The number of aliphatic imine (C=N–C) groups is 1. The predicted molar refractivity (Wildman–Crippen MR) is 87.2 cm³/mol. The molecule has 0 bridgehead atoms. The van der Waals surface area contributed by atoms with Crippen LogP contribution in [-0.2, 0) is 0 Å². The van der Waals surface area contributed by atoms with E-state index in [2.05, 4.69) is 35.2 Å². The monoisotopic (exact) mass is 302 g/mol. The number of allylic oxidation sites excluding steroid dienone is 1. The van der Waals surface area contributed by atoms with Gasteiger partial charge in [0.15, 0.2) is 5.17 Å². The van der Waals surface area contributed by atoms with Crippen molar-refractivity contribution in [3.63, 3.8) is 0 Å². The van der Waals surface area contributed by atoms with Crippen LogP contribution in [0, 0.1) is 0 Å². The number of nitrogens with zero attached hydrogens (tertiary/aromatic N) is 2. The summed E-state index contributed by atoms with van der Waals surface area (Å²) in [6, 6.07) is 6.46. The van der Waals surface area contributed by atoms with Gasteiger partial charge in [-0.3, -0.25) is 4.99 Å². The summed E-state index contributed by atoms with van der Waals surface area (Å²) in [4.78, 5) is 9.46. The fraction of sp³-hybridized carbons (Fsp3) is 0.267. The van der Waals surface area contributed by atoms with Gasteiger partial charge in [0.1, 0.15) is 5.58 Å². The summed E-state index contributed by atoms with van der Waals surface area (Å²) >= 11 is 3.54. The van der Waals surface area contributed by atoms with Crippen LogP contribution in [0.1, 0.15) is 12.5 Å². The Bertz CT molecular complexity index is 760. The van der Waals surface area contributed by atoms with Crippen molar-refractivity contribution in [3.05, 3.63) is 34.9 Å². The summed E-state index contributed by atoms with van der Waals surface area (Å²) in [7, 11) is 0. The van der Waals surface area contributed by atoms with Gasteiger partial charge in [-0.2, -0.15) is 0 Å². The Balaban J connectivity index is 1.95. The van der Waals surface area contributed by atoms with E-state index < -0.39 is 0 Å². The van der Waals surface area contributed by atoms with Crippen LogP contribution in [0.25, 0.3) is 16.7 Å². The molecule has 2 aromatic rings. The van der Waals surface area contributed by atoms with E-state index in [0.717, 1.165) is 23.8 Å². The van der Waals surface area contributed by atoms with E-state index in [4.69, 9.17) is 4.42 Å². The molecule has 0 atom stereocenters. The van der Waals surface area contributed by atoms with Gasteiger partial charge in [-0.05, 0) is 31.4 Å². The molecule has 5 heteroatoms. The normalized spacial score (nSPS) is 18.1. The van der Waals surface area contributed by atoms with Crippen LogP contribution >= 0.6 is 23.5 Å². The molecule has 3 nitrogen and oxygen atoms in total. The Morgan fingerprint density at radius 2 is 2.30 bits per heavy atom. The molecule has 0 aliphatic carbocycles. The van der Waals surface area contributed by atoms with E-state index in [1.54, 1.807) is 29.8 Å². The molecule has 3 heterocycles. The molecule has 0 saturated carbocycles. The highest BCUT2D eigenvalue weighted by molar-refractivity contribution is 8.17. The highest BCUT2D eigenvalue weighted by Crippen LogP contribution is 2.44. The van der Waals surface area contributed by atoms with Crippen molar-refractivity contribution in [3.8, 4) is 0 Å². The highest BCUT2D eigenvalue weighted by Gasteiger charge is 2.32. The van der Waals surface area contributed by atoms with E-state index in [-0.39, 0.29) is 0 Å². The first kappa shape index (κ1) is 12.4. The van der Waals surface area contributed by atoms with Crippen LogP contribution in [0.3, 0.4) is 0 Å². The fourth-order valence-electron chi connectivity index (χ4n) is 2.78. The number of amidine groups is 1. The van der Waals surface area contributed by atoms with Crippen molar-refractivity contribution in [2.75, 3.05) is 19.3 Å². The second kappa shape index (κ2) is 4.60. The van der Waals surface area contributed by atoms with E-state index in [1.807, 2.05) is 6.07 Å². The summed E-state index contributed by atoms with van der Waals surface area (Å²) in [6.45, 7) is 4.03. The second-order valence-electron chi connectivity index (χ2n) is 4.84. The van der Waals surface area contributed by atoms with Crippen LogP contribution in [0.2, 0.25) is 0 Å². The van der Waals surface area contributed by atoms with Crippen molar-refractivity contribution < 1.29 is 4.42 Å². The lowest BCUT2D eigenvalue weighted by molar-refractivity contribution is 0.607. The Hall–Kier alpha value is -1.33. The first-order chi connectivity index (χ1) is 9.78. The molecule has 4 rings (SSSR count). The quantitative estimate of drug-likeness (QED) is 0.775. The molecule has 0 fully saturated rings. The van der Waals surface area contributed by atoms with Gasteiger partial charge >= 0.3 is 0 Å². The molecule has 0 saturated heterocycles. The van der Waals surface area contributed by atoms with Crippen molar-refractivity contribution in [1.29, 1.82) is 0 Å². The molecule has 2 aliphatic rings. The Morgan fingerprint density at radius 3 is 3.15 bits per heavy atom. The molecule has 0 N–H and O–H groups in total. The Morgan fingerprint density at radius 1 is 1.40 bits per heavy atom. The average molecular weight is 302 g/mol. The summed E-state index contributed by atoms with van der Waals surface area (Å²) < 4.78 is 5.74. The molecule has 0 radical (unpaired) electrons. The predicted octanol–water partition coefficient (Wildman–Crippen LogP) is 4.26. The maximum absolute atomic E-state index is 5.74. The number of hydrogen-bond donors (Lipinski definition) is 0. The summed E-state index contributed by atoms with van der Waals surface area (Å²) in [5.74, 6) is 0. The second-order valence-corrected chi connectivity index (χ2v) is 6.90. The van der Waals surface area contributed by atoms with Gasteiger partial charge in [-0.1, -0.05) is 11.8 Å². The van der Waals surface area contributed by atoms with Crippen LogP contribution in [0.5, 0.6) is 0 Å². The number of rotatable bonds is 2. The zero-order chi connectivity index (χ0) is 13.7. The third kappa shape index (κ3) is 1.73. The van der Waals surface area contributed by atoms with Crippen molar-refractivity contribution in [2.45, 2.75) is 11.8 Å². The topological polar surface area (TPSA) is 28.7 Å². The van der Waals surface area contributed by atoms with Gasteiger partial charge in [0.2, 0.25) is 0 Å². The Kier molecular flexibility index (Phi) is 2.86. The van der Waals surface area contributed by atoms with Gasteiger partial charge in [-0.25, -0.2) is 0 Å². The van der Waals surface area contributed by atoms with E-state index in [1.165, 1.54) is 26.4 Å². The van der Waals surface area contributed by atoms with E-state index in [0.29, 0.717) is 0 Å². The zero-order valence-corrected chi connectivity index (χ0v) is 13.0. The summed E-state index contributed by atoms with van der Waals surface area (Å²) in [6.07, 6.45) is 3.88. The molecule has 102 valence electrons. The molecular formula is C15H14N2OS2. The number of fused-ring (bicyclic) bond motifs is 2. The minimum absolute atomic E-state index is 0.891. The minimum atomic E-state index is 0.891. The minimum Gasteiger partial charge on any atom is -0.464 e. The SMILES string of the molecule is CSc1cc(C2=C(C)SC3=NCCN32)c2occc2c1. The van der Waals surface area contributed by atoms with Crippen LogP contribution in [0.15, 0.2) is 43.7 Å². The first-order valence-electron chi connectivity index (χ1n) is 6.54. The van der Waals surface area contributed by atoms with Crippen LogP contribution in [-0.4, -0.2) is 29.4 Å². The zero-order valence-electron chi connectivity index (χ0n) is 11.3. The van der Waals surface area contributed by atoms with Gasteiger partial charge in [0.25, 0.3) is 0 Å². The number of benzene rings is 1. The maximum atomic E-state index is 5.74. The van der Waals surface area contributed by atoms with Gasteiger partial charge in [0, 0.05) is 27.3 Å². The fourth-order valence-corrected chi connectivity index (χ4v) is 4.30. The third-order valence-electron chi connectivity index (χ3n) is 3.66. The molecule has 1 aromatic carbocycles. The highest BCUT2D eigenvalue weighted by atomic mass is 32.2. The van der Waals surface area contributed by atoms with Crippen LogP contribution < -0.4 is 0 Å². The average Bonchev–Trinajstić information content (AvgIpc) is 3.12. The largest absolute Gasteiger partial charge is 0.464 e. The smallest absolute Gasteiger partial charge is 0.168 e. The molecule has 0 unspecified atom stereocenters. The van der Waals surface area contributed by atoms with Crippen molar-refractivity contribution in [1.82, 2.24) is 4.90 Å². The first-order valence-corrected chi connectivity index (χ1v) is 8.58. The third-order valence-corrected chi connectivity index (χ3v) is 5.40. The molecule has 1 aromatic heterocycles. The van der Waals surface area contributed by atoms with Crippen molar-refractivity contribution in [2.24, 2.45) is 4.99 Å². The van der Waals surface area contributed by atoms with Crippen molar-refractivity contribution >= 4 is 45.4 Å². The molecule has 0 amide bonds. The summed E-state index contributed by atoms with van der Waals surface area (Å²) in [5, 5.41) is 2.30.